The normalized spacial score (nSPS) is 24.3. The molecule has 2 nitrogen and oxygen atoms in total. The highest BCUT2D eigenvalue weighted by Crippen LogP contribution is 2.31. The lowest BCUT2D eigenvalue weighted by Crippen LogP contribution is -2.47. The smallest absolute Gasteiger partial charge is 0.222 e. The first-order chi connectivity index (χ1) is 4.73. The second kappa shape index (κ2) is 2.84. The number of hydrogen-bond donors (Lipinski definition) is 1. The van der Waals surface area contributed by atoms with E-state index in [-0.39, 0.29) is 13.4 Å². The first-order valence-corrected chi connectivity index (χ1v) is 3.74. The van der Waals surface area contributed by atoms with E-state index in [0.29, 0.717) is 17.1 Å². The van der Waals surface area contributed by atoms with Crippen LogP contribution in [0, 0.1) is 0 Å². The predicted octanol–water partition coefficient (Wildman–Crippen LogP) is 0.515. The van der Waals surface area contributed by atoms with Gasteiger partial charge in [-0.15, -0.1) is 0 Å². The fourth-order valence-corrected chi connectivity index (χ4v) is 1.27. The second-order valence-electron chi connectivity index (χ2n) is 3.28. The molecule has 1 N–H and O–H groups in total. The van der Waals surface area contributed by atoms with E-state index in [4.69, 9.17) is 5.11 Å². The van der Waals surface area contributed by atoms with Crippen molar-refractivity contribution in [1.82, 2.24) is 0 Å². The number of nitrogens with zero attached hydrogens (tertiary/aromatic N) is 1. The number of hydrogen-bond acceptors (Lipinski definition) is 1. The van der Waals surface area contributed by atoms with Crippen LogP contribution < -0.4 is 0 Å². The minimum atomic E-state index is -0.342. The molecule has 1 rings (SSSR count). The maximum absolute atomic E-state index is 12.4. The van der Waals surface area contributed by atoms with Gasteiger partial charge in [-0.1, -0.05) is 0 Å². The highest BCUT2D eigenvalue weighted by Gasteiger charge is 2.40. The Bertz CT molecular complexity index is 116. The molecule has 3 heteroatoms. The Hall–Kier alpha value is -0.150. The Morgan fingerprint density at radius 3 is 2.50 bits per heavy atom. The molecule has 1 saturated carbocycles. The zero-order valence-corrected chi connectivity index (χ0v) is 6.39. The number of aliphatic hydroxyl groups excluding tert-OH is 1. The average Bonchev–Trinajstić information content (AvgIpc) is 2.69. The third-order valence-corrected chi connectivity index (χ3v) is 2.31. The molecule has 10 heavy (non-hydrogen) atoms. The molecule has 1 aliphatic rings. The Labute approximate surface area is 60.9 Å². The summed E-state index contributed by atoms with van der Waals surface area (Å²) in [6.45, 7) is 0.309. The predicted molar refractivity (Wildman–Crippen MR) is 37.1 cm³/mol. The molecule has 0 bridgehead atoms. The Morgan fingerprint density at radius 1 is 1.60 bits per heavy atom. The maximum atomic E-state index is 12.4. The number of aliphatic hydroxyl groups is 1. The Balaban J connectivity index is 2.39. The van der Waals surface area contributed by atoms with Crippen molar-refractivity contribution in [2.24, 2.45) is 0 Å². The van der Waals surface area contributed by atoms with Crippen molar-refractivity contribution in [3.63, 3.8) is 0 Å². The summed E-state index contributed by atoms with van der Waals surface area (Å²) >= 11 is 0. The molecule has 60 valence electrons. The zero-order valence-electron chi connectivity index (χ0n) is 6.39. The molecule has 1 aliphatic carbocycles. The van der Waals surface area contributed by atoms with Gasteiger partial charge in [-0.05, 0) is 0 Å². The van der Waals surface area contributed by atoms with Crippen molar-refractivity contribution in [1.29, 1.82) is 0 Å². The lowest BCUT2D eigenvalue weighted by molar-refractivity contribution is -0.932. The summed E-state index contributed by atoms with van der Waals surface area (Å²) in [6, 6.07) is 0.483. The van der Waals surface area contributed by atoms with Gasteiger partial charge in [0.2, 0.25) is 6.80 Å². The third-order valence-electron chi connectivity index (χ3n) is 2.31. The van der Waals surface area contributed by atoms with Crippen LogP contribution in [-0.4, -0.2) is 42.6 Å². The molecule has 0 aromatic heterocycles. The average molecular weight is 148 g/mol. The van der Waals surface area contributed by atoms with E-state index >= 15 is 0 Å². The van der Waals surface area contributed by atoms with Crippen molar-refractivity contribution in [2.75, 3.05) is 27.0 Å². The van der Waals surface area contributed by atoms with Gasteiger partial charge in [0, 0.05) is 12.8 Å². The van der Waals surface area contributed by atoms with Gasteiger partial charge in [0.1, 0.15) is 6.54 Å². The molecular formula is C7H15FNO+. The molecule has 1 atom stereocenters. The van der Waals surface area contributed by atoms with Gasteiger partial charge in [-0.2, -0.15) is 4.39 Å². The summed E-state index contributed by atoms with van der Waals surface area (Å²) in [7, 11) is 1.87. The molecule has 0 aromatic rings. The summed E-state index contributed by atoms with van der Waals surface area (Å²) in [6.07, 6.45) is 2.25. The molecule has 1 fully saturated rings. The standard InChI is InChI=1S/C7H15FNO/c1-9(6-8,4-5-10)7-2-3-7/h7,10H,2-6H2,1H3/q+1. The van der Waals surface area contributed by atoms with Crippen molar-refractivity contribution in [2.45, 2.75) is 18.9 Å². The van der Waals surface area contributed by atoms with E-state index in [2.05, 4.69) is 0 Å². The Kier molecular flexibility index (Phi) is 2.26. The van der Waals surface area contributed by atoms with Gasteiger partial charge in [-0.3, -0.25) is 4.48 Å². The number of likely N-dealkylation sites (N-methyl/N-ethyl adjacent to an activating group) is 1. The van der Waals surface area contributed by atoms with Crippen LogP contribution in [0.4, 0.5) is 4.39 Å². The summed E-state index contributed by atoms with van der Waals surface area (Å²) in [5.74, 6) is 0. The minimum absolute atomic E-state index is 0.0942. The molecule has 0 aromatic carbocycles. The van der Waals surface area contributed by atoms with Gasteiger partial charge in [0.15, 0.2) is 0 Å². The van der Waals surface area contributed by atoms with Crippen LogP contribution in [0.15, 0.2) is 0 Å². The molecule has 0 amide bonds. The van der Waals surface area contributed by atoms with Crippen molar-refractivity contribution >= 4 is 0 Å². The number of halogens is 1. The minimum Gasteiger partial charge on any atom is -0.391 e. The highest BCUT2D eigenvalue weighted by atomic mass is 19.1. The monoisotopic (exact) mass is 148 g/mol. The Morgan fingerprint density at radius 2 is 2.20 bits per heavy atom. The van der Waals surface area contributed by atoms with E-state index in [1.54, 1.807) is 0 Å². The zero-order chi connectivity index (χ0) is 7.61. The summed E-state index contributed by atoms with van der Waals surface area (Å²) < 4.78 is 12.8. The van der Waals surface area contributed by atoms with E-state index in [1.165, 1.54) is 0 Å². The molecule has 0 heterocycles. The SMILES string of the molecule is C[N+](CF)(CCO)C1CC1. The molecular weight excluding hydrogens is 133 g/mol. The lowest BCUT2D eigenvalue weighted by Gasteiger charge is -2.30. The maximum Gasteiger partial charge on any atom is 0.222 e. The summed E-state index contributed by atoms with van der Waals surface area (Å²) in [5, 5.41) is 8.63. The van der Waals surface area contributed by atoms with E-state index in [0.717, 1.165) is 12.8 Å². The first kappa shape index (κ1) is 7.95. The van der Waals surface area contributed by atoms with E-state index in [1.807, 2.05) is 7.05 Å². The molecule has 0 saturated heterocycles. The van der Waals surface area contributed by atoms with Gasteiger partial charge in [-0.25, -0.2) is 0 Å². The number of rotatable bonds is 4. The van der Waals surface area contributed by atoms with E-state index in [9.17, 15) is 4.39 Å². The van der Waals surface area contributed by atoms with Gasteiger partial charge < -0.3 is 5.11 Å². The van der Waals surface area contributed by atoms with Gasteiger partial charge in [0.05, 0.1) is 19.7 Å². The van der Waals surface area contributed by atoms with Crippen molar-refractivity contribution < 1.29 is 14.0 Å². The van der Waals surface area contributed by atoms with Crippen LogP contribution in [0.2, 0.25) is 0 Å². The van der Waals surface area contributed by atoms with Crippen LogP contribution in [0.25, 0.3) is 0 Å². The fourth-order valence-electron chi connectivity index (χ4n) is 1.27. The number of alkyl halides is 1. The van der Waals surface area contributed by atoms with Crippen molar-refractivity contribution in [3.05, 3.63) is 0 Å². The van der Waals surface area contributed by atoms with E-state index < -0.39 is 0 Å². The van der Waals surface area contributed by atoms with Crippen LogP contribution >= 0.6 is 0 Å². The summed E-state index contributed by atoms with van der Waals surface area (Å²) in [5.41, 5.74) is 0. The van der Waals surface area contributed by atoms with Crippen molar-refractivity contribution in [3.8, 4) is 0 Å². The van der Waals surface area contributed by atoms with Crippen LogP contribution in [0.3, 0.4) is 0 Å². The molecule has 1 unspecified atom stereocenters. The van der Waals surface area contributed by atoms with Crippen LogP contribution in [-0.2, 0) is 0 Å². The topological polar surface area (TPSA) is 20.2 Å². The quantitative estimate of drug-likeness (QED) is 0.455. The van der Waals surface area contributed by atoms with Crippen LogP contribution in [0.5, 0.6) is 0 Å². The summed E-state index contributed by atoms with van der Waals surface area (Å²) in [4.78, 5) is 0. The fraction of sp³-hybridized carbons (Fsp3) is 1.00. The largest absolute Gasteiger partial charge is 0.391 e. The molecule has 0 radical (unpaired) electrons. The lowest BCUT2D eigenvalue weighted by atomic mass is 10.4. The number of quaternary nitrogens is 1. The van der Waals surface area contributed by atoms with Crippen LogP contribution in [0.1, 0.15) is 12.8 Å². The molecule has 0 spiro atoms. The van der Waals surface area contributed by atoms with Gasteiger partial charge in [0.25, 0.3) is 0 Å². The molecule has 0 aliphatic heterocycles. The first-order valence-electron chi connectivity index (χ1n) is 3.74. The highest BCUT2D eigenvalue weighted by molar-refractivity contribution is 4.74. The van der Waals surface area contributed by atoms with Gasteiger partial charge >= 0.3 is 0 Å². The second-order valence-corrected chi connectivity index (χ2v) is 3.28. The third kappa shape index (κ3) is 1.47.